The van der Waals surface area contributed by atoms with Crippen molar-refractivity contribution in [3.8, 4) is 0 Å². The van der Waals surface area contributed by atoms with E-state index in [9.17, 15) is 8.76 Å². The molecule has 1 aliphatic rings. The van der Waals surface area contributed by atoms with E-state index in [1.807, 2.05) is 13.0 Å². The molecule has 3 atom stereocenters. The van der Waals surface area contributed by atoms with Crippen LogP contribution in [0.2, 0.25) is 0 Å². The molecule has 0 aromatic heterocycles. The molecule has 4 heteroatoms. The van der Waals surface area contributed by atoms with E-state index in [-0.39, 0.29) is 29.6 Å². The summed E-state index contributed by atoms with van der Waals surface area (Å²) >= 11 is -1.84. The summed E-state index contributed by atoms with van der Waals surface area (Å²) in [6, 6.07) is 0. The van der Waals surface area contributed by atoms with E-state index in [2.05, 4.69) is 6.08 Å². The van der Waals surface area contributed by atoms with E-state index in [4.69, 9.17) is 0 Å². The molecule has 1 saturated carbocycles. The molecule has 11 heavy (non-hydrogen) atoms. The van der Waals surface area contributed by atoms with Gasteiger partial charge in [-0.15, -0.1) is 0 Å². The first kappa shape index (κ1) is 11.8. The minimum absolute atomic E-state index is 0. The van der Waals surface area contributed by atoms with Crippen molar-refractivity contribution in [1.82, 2.24) is 0 Å². The summed E-state index contributed by atoms with van der Waals surface area (Å²) in [7, 11) is 0. The first-order valence-corrected chi connectivity index (χ1v) is 4.67. The zero-order valence-electron chi connectivity index (χ0n) is 6.95. The molecule has 0 heterocycles. The maximum absolute atomic E-state index is 10.2. The Morgan fingerprint density at radius 1 is 1.73 bits per heavy atom. The van der Waals surface area contributed by atoms with Gasteiger partial charge in [0.25, 0.3) is 0 Å². The SMILES string of the molecule is C/C=C/[C@H]1C[C@H]1CS(=O)[O-].[Na+]. The second-order valence-electron chi connectivity index (χ2n) is 2.66. The summed E-state index contributed by atoms with van der Waals surface area (Å²) in [5.41, 5.74) is 0. The van der Waals surface area contributed by atoms with Gasteiger partial charge in [0.05, 0.1) is 0 Å². The molecule has 1 unspecified atom stereocenters. The predicted molar refractivity (Wildman–Crippen MR) is 40.2 cm³/mol. The molecule has 0 N–H and O–H groups in total. The number of rotatable bonds is 3. The Morgan fingerprint density at radius 2 is 2.36 bits per heavy atom. The summed E-state index contributed by atoms with van der Waals surface area (Å²) in [6.45, 7) is 1.96. The maximum atomic E-state index is 10.2. The monoisotopic (exact) mass is 182 g/mol. The molecule has 0 aromatic rings. The first-order chi connectivity index (χ1) is 4.74. The van der Waals surface area contributed by atoms with Crippen LogP contribution in [-0.2, 0) is 11.1 Å². The van der Waals surface area contributed by atoms with Crippen molar-refractivity contribution >= 4 is 11.1 Å². The summed E-state index contributed by atoms with van der Waals surface area (Å²) in [4.78, 5) is 0. The smallest absolute Gasteiger partial charge is 0.772 e. The van der Waals surface area contributed by atoms with Gasteiger partial charge in [-0.25, -0.2) is 0 Å². The molecule has 1 rings (SSSR count). The molecule has 0 amide bonds. The average molecular weight is 182 g/mol. The number of hydrogen-bond acceptors (Lipinski definition) is 2. The van der Waals surface area contributed by atoms with Crippen molar-refractivity contribution in [1.29, 1.82) is 0 Å². The van der Waals surface area contributed by atoms with Crippen LogP contribution in [0.25, 0.3) is 0 Å². The van der Waals surface area contributed by atoms with Crippen LogP contribution in [-0.4, -0.2) is 14.5 Å². The molecule has 0 aliphatic heterocycles. The van der Waals surface area contributed by atoms with Gasteiger partial charge in [-0.3, -0.25) is 4.21 Å². The van der Waals surface area contributed by atoms with Crippen LogP contribution in [0.1, 0.15) is 13.3 Å². The van der Waals surface area contributed by atoms with Gasteiger partial charge in [0, 0.05) is 5.75 Å². The van der Waals surface area contributed by atoms with Gasteiger partial charge in [0.15, 0.2) is 0 Å². The predicted octanol–water partition coefficient (Wildman–Crippen LogP) is -1.92. The van der Waals surface area contributed by atoms with Crippen molar-refractivity contribution in [2.24, 2.45) is 11.8 Å². The Bertz CT molecular complexity index is 170. The van der Waals surface area contributed by atoms with Crippen LogP contribution < -0.4 is 29.6 Å². The van der Waals surface area contributed by atoms with E-state index in [1.54, 1.807) is 0 Å². The van der Waals surface area contributed by atoms with Gasteiger partial charge in [-0.05, 0) is 25.2 Å². The molecule has 1 fully saturated rings. The van der Waals surface area contributed by atoms with Gasteiger partial charge in [-0.1, -0.05) is 23.2 Å². The fraction of sp³-hybridized carbons (Fsp3) is 0.714. The normalized spacial score (nSPS) is 31.5. The largest absolute Gasteiger partial charge is 1.00 e. The Hall–Kier alpha value is 0.850. The van der Waals surface area contributed by atoms with Crippen LogP contribution in [0.15, 0.2) is 12.2 Å². The molecule has 0 bridgehead atoms. The van der Waals surface area contributed by atoms with Gasteiger partial charge < -0.3 is 4.55 Å². The molecule has 0 aromatic carbocycles. The molecule has 0 radical (unpaired) electrons. The van der Waals surface area contributed by atoms with Crippen molar-refractivity contribution in [2.45, 2.75) is 13.3 Å². The van der Waals surface area contributed by atoms with Crippen LogP contribution in [0.5, 0.6) is 0 Å². The molecule has 58 valence electrons. The fourth-order valence-corrected chi connectivity index (χ4v) is 1.85. The average Bonchev–Trinajstić information content (AvgIpc) is 2.47. The minimum atomic E-state index is -1.84. The molecule has 0 spiro atoms. The van der Waals surface area contributed by atoms with Gasteiger partial charge in [0.1, 0.15) is 0 Å². The summed E-state index contributed by atoms with van der Waals surface area (Å²) < 4.78 is 20.4. The Balaban J connectivity index is 0.000001000. The van der Waals surface area contributed by atoms with E-state index >= 15 is 0 Å². The third-order valence-electron chi connectivity index (χ3n) is 1.77. The molecular weight excluding hydrogens is 171 g/mol. The van der Waals surface area contributed by atoms with Gasteiger partial charge in [-0.2, -0.15) is 0 Å². The first-order valence-electron chi connectivity index (χ1n) is 3.42. The van der Waals surface area contributed by atoms with E-state index < -0.39 is 11.1 Å². The quantitative estimate of drug-likeness (QED) is 0.290. The maximum Gasteiger partial charge on any atom is 1.00 e. The van der Waals surface area contributed by atoms with Crippen LogP contribution in [0.3, 0.4) is 0 Å². The zero-order valence-corrected chi connectivity index (χ0v) is 9.76. The topological polar surface area (TPSA) is 40.1 Å². The third kappa shape index (κ3) is 4.43. The van der Waals surface area contributed by atoms with Crippen molar-refractivity contribution in [3.63, 3.8) is 0 Å². The standard InChI is InChI=1S/C7H12O2S.Na/c1-2-3-6-4-7(6)5-10(8)9;/h2-3,6-7H,4-5H2,1H3,(H,8,9);/q;+1/p-1/b3-2+;/t6-,7-;/m0./s1. The van der Waals surface area contributed by atoms with Crippen molar-refractivity contribution in [2.75, 3.05) is 5.75 Å². The minimum Gasteiger partial charge on any atom is -0.772 e. The third-order valence-corrected chi connectivity index (χ3v) is 2.47. The van der Waals surface area contributed by atoms with E-state index in [1.165, 1.54) is 0 Å². The van der Waals surface area contributed by atoms with Crippen molar-refractivity contribution in [3.05, 3.63) is 12.2 Å². The van der Waals surface area contributed by atoms with E-state index in [0.29, 0.717) is 17.6 Å². The summed E-state index contributed by atoms with van der Waals surface area (Å²) in [5.74, 6) is 1.30. The summed E-state index contributed by atoms with van der Waals surface area (Å²) in [5, 5.41) is 0. The second-order valence-corrected chi connectivity index (χ2v) is 3.60. The van der Waals surface area contributed by atoms with Crippen molar-refractivity contribution < 1.29 is 38.3 Å². The molecule has 1 aliphatic carbocycles. The molecule has 2 nitrogen and oxygen atoms in total. The molecular formula is C7H11NaO2S. The number of hydrogen-bond donors (Lipinski definition) is 0. The molecule has 0 saturated heterocycles. The zero-order chi connectivity index (χ0) is 7.56. The Labute approximate surface area is 92.0 Å². The number of allylic oxidation sites excluding steroid dienone is 2. The van der Waals surface area contributed by atoms with E-state index in [0.717, 1.165) is 6.42 Å². The van der Waals surface area contributed by atoms with Gasteiger partial charge in [0.2, 0.25) is 0 Å². The summed E-state index contributed by atoms with van der Waals surface area (Å²) in [6.07, 6.45) is 5.12. The van der Waals surface area contributed by atoms with Crippen LogP contribution in [0, 0.1) is 11.8 Å². The van der Waals surface area contributed by atoms with Crippen LogP contribution >= 0.6 is 0 Å². The van der Waals surface area contributed by atoms with Gasteiger partial charge >= 0.3 is 29.6 Å². The fourth-order valence-electron chi connectivity index (χ4n) is 1.12. The van der Waals surface area contributed by atoms with Crippen LogP contribution in [0.4, 0.5) is 0 Å². The Morgan fingerprint density at radius 3 is 2.82 bits per heavy atom. The second kappa shape index (κ2) is 5.49. The Kier molecular flexibility index (Phi) is 5.91.